The maximum atomic E-state index is 12.7. The summed E-state index contributed by atoms with van der Waals surface area (Å²) in [5.41, 5.74) is 2.16. The molecule has 1 unspecified atom stereocenters. The maximum absolute atomic E-state index is 12.7. The van der Waals surface area contributed by atoms with E-state index in [1.807, 2.05) is 0 Å². The standard InChI is InChI=1S/C19H22F3N3O/c20-19(21,22)16-4-2-14(3-5-16)17-15(10-23-24-17)11-25-8-7-18(12-25)6-1-9-26-13-18/h2-5,10H,1,6-9,11-13H2,(H,23,24). The highest BCUT2D eigenvalue weighted by atomic mass is 19.4. The van der Waals surface area contributed by atoms with Crippen LogP contribution in [0, 0.1) is 5.41 Å². The first-order valence-electron chi connectivity index (χ1n) is 8.95. The Bertz CT molecular complexity index is 748. The third kappa shape index (κ3) is 3.50. The molecule has 4 nitrogen and oxygen atoms in total. The number of aromatic nitrogens is 2. The average Bonchev–Trinajstić information content (AvgIpc) is 3.23. The molecule has 2 aliphatic rings. The maximum Gasteiger partial charge on any atom is 0.416 e. The normalized spacial score (nSPS) is 24.4. The van der Waals surface area contributed by atoms with Crippen molar-refractivity contribution in [3.05, 3.63) is 41.6 Å². The minimum absolute atomic E-state index is 0.274. The zero-order valence-corrected chi connectivity index (χ0v) is 14.5. The van der Waals surface area contributed by atoms with Crippen molar-refractivity contribution in [2.45, 2.75) is 32.0 Å². The van der Waals surface area contributed by atoms with Crippen molar-refractivity contribution in [2.75, 3.05) is 26.3 Å². The molecule has 2 saturated heterocycles. The summed E-state index contributed by atoms with van der Waals surface area (Å²) in [4.78, 5) is 2.40. The fourth-order valence-corrected chi connectivity index (χ4v) is 4.14. The van der Waals surface area contributed by atoms with Gasteiger partial charge in [0, 0.05) is 30.7 Å². The number of nitrogens with one attached hydrogen (secondary N) is 1. The van der Waals surface area contributed by atoms with Crippen molar-refractivity contribution in [3.8, 4) is 11.3 Å². The van der Waals surface area contributed by atoms with E-state index in [4.69, 9.17) is 4.74 Å². The van der Waals surface area contributed by atoms with Crippen LogP contribution in [0.5, 0.6) is 0 Å². The SMILES string of the molecule is FC(F)(F)c1ccc(-c2[nH]ncc2CN2CCC3(CCCOC3)C2)cc1. The predicted octanol–water partition coefficient (Wildman–Crippen LogP) is 4.10. The van der Waals surface area contributed by atoms with Crippen LogP contribution in [0.2, 0.25) is 0 Å². The molecule has 140 valence electrons. The molecule has 26 heavy (non-hydrogen) atoms. The van der Waals surface area contributed by atoms with Gasteiger partial charge in [-0.3, -0.25) is 10.00 Å². The Labute approximate surface area is 150 Å². The van der Waals surface area contributed by atoms with E-state index in [0.717, 1.165) is 74.6 Å². The minimum atomic E-state index is -4.32. The molecule has 0 bridgehead atoms. The van der Waals surface area contributed by atoms with Crippen molar-refractivity contribution >= 4 is 0 Å². The van der Waals surface area contributed by atoms with Crippen LogP contribution in [0.25, 0.3) is 11.3 Å². The van der Waals surface area contributed by atoms with Crippen LogP contribution in [0.1, 0.15) is 30.4 Å². The lowest BCUT2D eigenvalue weighted by Crippen LogP contribution is -2.34. The molecular formula is C19H22F3N3O. The summed E-state index contributed by atoms with van der Waals surface area (Å²) in [6.45, 7) is 4.46. The molecule has 0 radical (unpaired) electrons. The van der Waals surface area contributed by atoms with Gasteiger partial charge in [0.1, 0.15) is 0 Å². The van der Waals surface area contributed by atoms with Gasteiger partial charge >= 0.3 is 6.18 Å². The van der Waals surface area contributed by atoms with E-state index < -0.39 is 11.7 Å². The highest BCUT2D eigenvalue weighted by Crippen LogP contribution is 2.39. The van der Waals surface area contributed by atoms with E-state index in [-0.39, 0.29) is 5.41 Å². The predicted molar refractivity (Wildman–Crippen MR) is 91.4 cm³/mol. The first-order valence-corrected chi connectivity index (χ1v) is 8.95. The van der Waals surface area contributed by atoms with Crippen LogP contribution in [0.3, 0.4) is 0 Å². The van der Waals surface area contributed by atoms with Crippen LogP contribution in [-0.2, 0) is 17.5 Å². The van der Waals surface area contributed by atoms with Gasteiger partial charge in [0.15, 0.2) is 0 Å². The molecular weight excluding hydrogens is 343 g/mol. The number of ether oxygens (including phenoxy) is 1. The zero-order valence-electron chi connectivity index (χ0n) is 14.5. The first-order chi connectivity index (χ1) is 12.5. The van der Waals surface area contributed by atoms with Crippen LogP contribution in [0.15, 0.2) is 30.5 Å². The average molecular weight is 365 g/mol. The summed E-state index contributed by atoms with van der Waals surface area (Å²) in [5.74, 6) is 0. The fourth-order valence-electron chi connectivity index (χ4n) is 4.14. The monoisotopic (exact) mass is 365 g/mol. The zero-order chi connectivity index (χ0) is 18.2. The van der Waals surface area contributed by atoms with E-state index in [0.29, 0.717) is 0 Å². The molecule has 2 aromatic rings. The number of hydrogen-bond acceptors (Lipinski definition) is 3. The van der Waals surface area contributed by atoms with Crippen molar-refractivity contribution in [3.63, 3.8) is 0 Å². The van der Waals surface area contributed by atoms with Crippen LogP contribution in [-0.4, -0.2) is 41.4 Å². The molecule has 0 saturated carbocycles. The summed E-state index contributed by atoms with van der Waals surface area (Å²) in [7, 11) is 0. The van der Waals surface area contributed by atoms with Gasteiger partial charge in [0.25, 0.3) is 0 Å². The van der Waals surface area contributed by atoms with E-state index >= 15 is 0 Å². The lowest BCUT2D eigenvalue weighted by Gasteiger charge is -2.33. The molecule has 4 rings (SSSR count). The molecule has 1 aromatic carbocycles. The second-order valence-electron chi connectivity index (χ2n) is 7.46. The van der Waals surface area contributed by atoms with Crippen molar-refractivity contribution in [1.82, 2.24) is 15.1 Å². The Morgan fingerprint density at radius 2 is 2.00 bits per heavy atom. The van der Waals surface area contributed by atoms with Crippen molar-refractivity contribution < 1.29 is 17.9 Å². The number of rotatable bonds is 3. The molecule has 0 aliphatic carbocycles. The van der Waals surface area contributed by atoms with Crippen LogP contribution in [0.4, 0.5) is 13.2 Å². The van der Waals surface area contributed by atoms with Crippen LogP contribution >= 0.6 is 0 Å². The third-order valence-corrected chi connectivity index (χ3v) is 5.53. The molecule has 2 aliphatic heterocycles. The smallest absolute Gasteiger partial charge is 0.381 e. The summed E-state index contributed by atoms with van der Waals surface area (Å²) >= 11 is 0. The fraction of sp³-hybridized carbons (Fsp3) is 0.526. The van der Waals surface area contributed by atoms with E-state index in [1.165, 1.54) is 18.6 Å². The molecule has 3 heterocycles. The molecule has 1 N–H and O–H groups in total. The minimum Gasteiger partial charge on any atom is -0.381 e. The molecule has 1 atom stereocenters. The molecule has 1 aromatic heterocycles. The number of hydrogen-bond donors (Lipinski definition) is 1. The van der Waals surface area contributed by atoms with E-state index in [2.05, 4.69) is 15.1 Å². The van der Waals surface area contributed by atoms with E-state index in [9.17, 15) is 13.2 Å². The molecule has 0 amide bonds. The number of halogens is 3. The van der Waals surface area contributed by atoms with Gasteiger partial charge in [-0.1, -0.05) is 12.1 Å². The van der Waals surface area contributed by atoms with Gasteiger partial charge in [0.2, 0.25) is 0 Å². The van der Waals surface area contributed by atoms with Gasteiger partial charge in [0.05, 0.1) is 24.1 Å². The molecule has 7 heteroatoms. The Kier molecular flexibility index (Phi) is 4.52. The Morgan fingerprint density at radius 1 is 1.19 bits per heavy atom. The summed E-state index contributed by atoms with van der Waals surface area (Å²) < 4.78 is 43.9. The van der Waals surface area contributed by atoms with Gasteiger partial charge in [-0.05, 0) is 43.5 Å². The number of benzene rings is 1. The number of likely N-dealkylation sites (tertiary alicyclic amines) is 1. The third-order valence-electron chi connectivity index (χ3n) is 5.53. The largest absolute Gasteiger partial charge is 0.416 e. The first kappa shape index (κ1) is 17.5. The van der Waals surface area contributed by atoms with Gasteiger partial charge < -0.3 is 4.74 Å². The number of aromatic amines is 1. The van der Waals surface area contributed by atoms with Crippen molar-refractivity contribution in [2.24, 2.45) is 5.41 Å². The van der Waals surface area contributed by atoms with Gasteiger partial charge in [-0.15, -0.1) is 0 Å². The Balaban J connectivity index is 1.47. The quantitative estimate of drug-likeness (QED) is 0.890. The second kappa shape index (κ2) is 6.70. The second-order valence-corrected chi connectivity index (χ2v) is 7.46. The topological polar surface area (TPSA) is 41.2 Å². The number of H-pyrrole nitrogens is 1. The van der Waals surface area contributed by atoms with Gasteiger partial charge in [-0.2, -0.15) is 18.3 Å². The summed E-state index contributed by atoms with van der Waals surface area (Å²) in [6.07, 6.45) is 0.925. The molecule has 1 spiro atoms. The lowest BCUT2D eigenvalue weighted by atomic mass is 9.82. The van der Waals surface area contributed by atoms with Gasteiger partial charge in [-0.25, -0.2) is 0 Å². The summed E-state index contributed by atoms with van der Waals surface area (Å²) in [5, 5.41) is 7.06. The number of nitrogens with zero attached hydrogens (tertiary/aromatic N) is 2. The molecule has 2 fully saturated rings. The van der Waals surface area contributed by atoms with Crippen LogP contribution < -0.4 is 0 Å². The highest BCUT2D eigenvalue weighted by molar-refractivity contribution is 5.63. The lowest BCUT2D eigenvalue weighted by molar-refractivity contribution is -0.137. The van der Waals surface area contributed by atoms with E-state index in [1.54, 1.807) is 6.20 Å². The van der Waals surface area contributed by atoms with Crippen molar-refractivity contribution in [1.29, 1.82) is 0 Å². The Hall–Kier alpha value is -1.86. The Morgan fingerprint density at radius 3 is 2.69 bits per heavy atom. The highest BCUT2D eigenvalue weighted by Gasteiger charge is 2.39. The number of alkyl halides is 3. The summed E-state index contributed by atoms with van der Waals surface area (Å²) in [6, 6.07) is 5.23.